The van der Waals surface area contributed by atoms with Crippen LogP contribution in [0.5, 0.6) is 0 Å². The fraction of sp³-hybridized carbons (Fsp3) is 0.286. The van der Waals surface area contributed by atoms with Gasteiger partial charge in [0.25, 0.3) is 5.91 Å². The fourth-order valence-electron chi connectivity index (χ4n) is 2.31. The van der Waals surface area contributed by atoms with Gasteiger partial charge in [0.1, 0.15) is 0 Å². The average molecular weight is 387 g/mol. The van der Waals surface area contributed by atoms with Crippen LogP contribution in [0, 0.1) is 0 Å². The summed E-state index contributed by atoms with van der Waals surface area (Å²) in [7, 11) is 0. The molecular weight excluding hydrogens is 374 g/mol. The number of rotatable bonds is 2. The molecule has 7 heteroatoms. The number of nitrogens with zero attached hydrogens (tertiary/aromatic N) is 3. The summed E-state index contributed by atoms with van der Waals surface area (Å²) >= 11 is 11.0. The second kappa shape index (κ2) is 6.34. The summed E-state index contributed by atoms with van der Waals surface area (Å²) in [6.45, 7) is 3.02. The molecule has 0 saturated carbocycles. The van der Waals surface area contributed by atoms with Crippen LogP contribution in [0.2, 0.25) is 5.02 Å². The summed E-state index contributed by atoms with van der Waals surface area (Å²) < 4.78 is 0.738. The summed E-state index contributed by atoms with van der Waals surface area (Å²) in [6.07, 6.45) is 1.81. The first-order chi connectivity index (χ1) is 10.1. The van der Waals surface area contributed by atoms with Crippen LogP contribution >= 0.6 is 38.9 Å². The minimum absolute atomic E-state index is 0.0392. The Morgan fingerprint density at radius 3 is 2.67 bits per heavy atom. The number of amides is 1. The molecule has 1 saturated heterocycles. The van der Waals surface area contributed by atoms with Crippen LogP contribution < -0.4 is 4.90 Å². The highest BCUT2D eigenvalue weighted by atomic mass is 79.9. The van der Waals surface area contributed by atoms with Crippen LogP contribution in [0.25, 0.3) is 0 Å². The van der Waals surface area contributed by atoms with Crippen molar-refractivity contribution in [2.75, 3.05) is 31.1 Å². The predicted octanol–water partition coefficient (Wildman–Crippen LogP) is 3.52. The normalized spacial score (nSPS) is 15.3. The van der Waals surface area contributed by atoms with Gasteiger partial charge in [0.15, 0.2) is 5.13 Å². The highest BCUT2D eigenvalue weighted by Gasteiger charge is 2.24. The van der Waals surface area contributed by atoms with Gasteiger partial charge in [-0.25, -0.2) is 4.98 Å². The minimum Gasteiger partial charge on any atom is -0.345 e. The van der Waals surface area contributed by atoms with Gasteiger partial charge in [0, 0.05) is 47.3 Å². The van der Waals surface area contributed by atoms with Crippen LogP contribution in [-0.4, -0.2) is 42.0 Å². The average Bonchev–Trinajstić information content (AvgIpc) is 3.01. The number of carbonyl (C=O) groups is 1. The number of aromatic nitrogens is 1. The predicted molar refractivity (Wildman–Crippen MR) is 89.4 cm³/mol. The van der Waals surface area contributed by atoms with E-state index in [1.54, 1.807) is 29.5 Å². The molecule has 0 spiro atoms. The zero-order valence-corrected chi connectivity index (χ0v) is 14.3. The van der Waals surface area contributed by atoms with Crippen LogP contribution in [-0.2, 0) is 0 Å². The maximum absolute atomic E-state index is 12.5. The van der Waals surface area contributed by atoms with Crippen molar-refractivity contribution in [1.82, 2.24) is 9.88 Å². The van der Waals surface area contributed by atoms with Gasteiger partial charge in [-0.3, -0.25) is 4.79 Å². The molecule has 4 nitrogen and oxygen atoms in total. The molecule has 2 aromatic rings. The molecule has 1 fully saturated rings. The van der Waals surface area contributed by atoms with E-state index in [0.29, 0.717) is 23.7 Å². The second-order valence-electron chi connectivity index (χ2n) is 4.72. The van der Waals surface area contributed by atoms with Gasteiger partial charge in [-0.15, -0.1) is 11.3 Å². The molecule has 1 amide bonds. The maximum atomic E-state index is 12.5. The van der Waals surface area contributed by atoms with E-state index in [1.807, 2.05) is 16.5 Å². The first-order valence-electron chi connectivity index (χ1n) is 6.54. The third kappa shape index (κ3) is 3.22. The van der Waals surface area contributed by atoms with E-state index in [-0.39, 0.29) is 5.91 Å². The molecule has 1 aromatic heterocycles. The lowest BCUT2D eigenvalue weighted by Crippen LogP contribution is -2.48. The van der Waals surface area contributed by atoms with Crippen molar-refractivity contribution in [3.05, 3.63) is 44.8 Å². The number of anilines is 1. The zero-order chi connectivity index (χ0) is 14.8. The summed E-state index contributed by atoms with van der Waals surface area (Å²) in [5, 5.41) is 3.61. The molecule has 1 aromatic carbocycles. The highest BCUT2D eigenvalue weighted by Crippen LogP contribution is 2.24. The Bertz CT molecular complexity index is 642. The molecular formula is C14H13BrClN3OS. The third-order valence-corrected chi connectivity index (χ3v) is 5.14. The Balaban J connectivity index is 1.67. The summed E-state index contributed by atoms with van der Waals surface area (Å²) in [5.41, 5.74) is 0.655. The molecule has 0 N–H and O–H groups in total. The maximum Gasteiger partial charge on any atom is 0.255 e. The Hall–Kier alpha value is -1.11. The first kappa shape index (κ1) is 14.8. The SMILES string of the molecule is O=C(c1ccc(Cl)cc1Br)N1CCN(c2nccs2)CC1. The number of piperazine rings is 1. The number of hydrogen-bond acceptors (Lipinski definition) is 4. The van der Waals surface area contributed by atoms with E-state index in [0.717, 1.165) is 22.7 Å². The molecule has 0 bridgehead atoms. The van der Waals surface area contributed by atoms with Crippen LogP contribution in [0.4, 0.5) is 5.13 Å². The Morgan fingerprint density at radius 2 is 2.05 bits per heavy atom. The van der Waals surface area contributed by atoms with E-state index >= 15 is 0 Å². The summed E-state index contributed by atoms with van der Waals surface area (Å²) in [5.74, 6) is 0.0392. The summed E-state index contributed by atoms with van der Waals surface area (Å²) in [6, 6.07) is 5.26. The smallest absolute Gasteiger partial charge is 0.255 e. The number of carbonyl (C=O) groups excluding carboxylic acids is 1. The van der Waals surface area contributed by atoms with Gasteiger partial charge >= 0.3 is 0 Å². The molecule has 1 aliphatic rings. The molecule has 2 heterocycles. The lowest BCUT2D eigenvalue weighted by atomic mass is 10.2. The van der Waals surface area contributed by atoms with E-state index < -0.39 is 0 Å². The number of benzene rings is 1. The van der Waals surface area contributed by atoms with Crippen molar-refractivity contribution >= 4 is 49.9 Å². The summed E-state index contributed by atoms with van der Waals surface area (Å²) in [4.78, 5) is 20.9. The quantitative estimate of drug-likeness (QED) is 0.792. The lowest BCUT2D eigenvalue weighted by Gasteiger charge is -2.34. The second-order valence-corrected chi connectivity index (χ2v) is 6.88. The standard InChI is InChI=1S/C14H13BrClN3OS/c15-12-9-10(16)1-2-11(12)13(20)18-4-6-19(7-5-18)14-17-3-8-21-14/h1-3,8-9H,4-7H2. The van der Waals surface area contributed by atoms with E-state index in [1.165, 1.54) is 0 Å². The van der Waals surface area contributed by atoms with Crippen LogP contribution in [0.1, 0.15) is 10.4 Å². The van der Waals surface area contributed by atoms with Crippen molar-refractivity contribution in [2.45, 2.75) is 0 Å². The molecule has 21 heavy (non-hydrogen) atoms. The van der Waals surface area contributed by atoms with Crippen LogP contribution in [0.3, 0.4) is 0 Å². The minimum atomic E-state index is 0.0392. The van der Waals surface area contributed by atoms with E-state index in [2.05, 4.69) is 25.8 Å². The van der Waals surface area contributed by atoms with Gasteiger partial charge in [0.05, 0.1) is 5.56 Å². The zero-order valence-electron chi connectivity index (χ0n) is 11.1. The van der Waals surface area contributed by atoms with Gasteiger partial charge in [-0.05, 0) is 34.1 Å². The molecule has 0 radical (unpaired) electrons. The van der Waals surface area contributed by atoms with Gasteiger partial charge < -0.3 is 9.80 Å². The van der Waals surface area contributed by atoms with Crippen molar-refractivity contribution < 1.29 is 4.79 Å². The molecule has 1 aliphatic heterocycles. The van der Waals surface area contributed by atoms with Gasteiger partial charge in [-0.1, -0.05) is 11.6 Å². The van der Waals surface area contributed by atoms with Gasteiger partial charge in [-0.2, -0.15) is 0 Å². The Kier molecular flexibility index (Phi) is 4.47. The molecule has 3 rings (SSSR count). The van der Waals surface area contributed by atoms with Crippen molar-refractivity contribution in [2.24, 2.45) is 0 Å². The highest BCUT2D eigenvalue weighted by molar-refractivity contribution is 9.10. The molecule has 0 atom stereocenters. The molecule has 0 unspecified atom stereocenters. The van der Waals surface area contributed by atoms with E-state index in [9.17, 15) is 4.79 Å². The van der Waals surface area contributed by atoms with Crippen LogP contribution in [0.15, 0.2) is 34.2 Å². The Morgan fingerprint density at radius 1 is 1.29 bits per heavy atom. The topological polar surface area (TPSA) is 36.4 Å². The van der Waals surface area contributed by atoms with E-state index in [4.69, 9.17) is 11.6 Å². The molecule has 0 aliphatic carbocycles. The third-order valence-electron chi connectivity index (χ3n) is 3.42. The van der Waals surface area contributed by atoms with Crippen molar-refractivity contribution in [1.29, 1.82) is 0 Å². The van der Waals surface area contributed by atoms with Crippen molar-refractivity contribution in [3.8, 4) is 0 Å². The monoisotopic (exact) mass is 385 g/mol. The lowest BCUT2D eigenvalue weighted by molar-refractivity contribution is 0.0746. The fourth-order valence-corrected chi connectivity index (χ4v) is 3.86. The molecule has 110 valence electrons. The first-order valence-corrected chi connectivity index (χ1v) is 8.59. The number of thiazole rings is 1. The number of halogens is 2. The Labute approximate surface area is 140 Å². The largest absolute Gasteiger partial charge is 0.345 e. The number of hydrogen-bond donors (Lipinski definition) is 0. The van der Waals surface area contributed by atoms with Crippen molar-refractivity contribution in [3.63, 3.8) is 0 Å². The van der Waals surface area contributed by atoms with Gasteiger partial charge in [0.2, 0.25) is 0 Å².